The fourth-order valence-electron chi connectivity index (χ4n) is 2.42. The van der Waals surface area contributed by atoms with Gasteiger partial charge in [0, 0.05) is 18.9 Å². The van der Waals surface area contributed by atoms with E-state index in [1.807, 2.05) is 26.0 Å². The van der Waals surface area contributed by atoms with Gasteiger partial charge in [-0.3, -0.25) is 14.1 Å². The molecule has 0 unspecified atom stereocenters. The maximum absolute atomic E-state index is 12.1. The molecule has 0 saturated heterocycles. The first kappa shape index (κ1) is 17.9. The number of carbonyl (C=O) groups is 1. The summed E-state index contributed by atoms with van der Waals surface area (Å²) in [4.78, 5) is 15.9. The van der Waals surface area contributed by atoms with Gasteiger partial charge in [-0.25, -0.2) is 8.42 Å². The number of rotatable bonds is 6. The number of sulfonamides is 1. The predicted octanol–water partition coefficient (Wildman–Crippen LogP) is 1.89. The van der Waals surface area contributed by atoms with E-state index in [2.05, 4.69) is 10.3 Å². The monoisotopic (exact) mass is 347 g/mol. The van der Waals surface area contributed by atoms with Gasteiger partial charge in [0.25, 0.3) is 5.91 Å². The zero-order valence-electron chi connectivity index (χ0n) is 14.0. The molecule has 0 atom stereocenters. The maximum atomic E-state index is 12.1. The number of carbonyl (C=O) groups excluding carboxylic acids is 1. The number of aromatic nitrogens is 1. The van der Waals surface area contributed by atoms with Gasteiger partial charge in [0.05, 0.1) is 24.1 Å². The molecule has 0 aliphatic rings. The standard InChI is InChI=1S/C17H21N3O3S/c1-13-6-7-16(14(2)11-13)20(24(3,22)23)10-9-19-17(21)15-5-4-8-18-12-15/h4-8,11-12H,9-10H2,1-3H3,(H,19,21). The van der Waals surface area contributed by atoms with Gasteiger partial charge in [0.1, 0.15) is 0 Å². The van der Waals surface area contributed by atoms with E-state index in [-0.39, 0.29) is 19.0 Å². The SMILES string of the molecule is Cc1ccc(N(CCNC(=O)c2cccnc2)S(C)(=O)=O)c(C)c1. The lowest BCUT2D eigenvalue weighted by molar-refractivity contribution is 0.0954. The van der Waals surface area contributed by atoms with Crippen molar-refractivity contribution in [3.63, 3.8) is 0 Å². The van der Waals surface area contributed by atoms with Crippen molar-refractivity contribution in [2.75, 3.05) is 23.7 Å². The average Bonchev–Trinajstić information content (AvgIpc) is 2.52. The number of anilines is 1. The third-order valence-electron chi connectivity index (χ3n) is 3.55. The molecule has 0 aliphatic carbocycles. The molecule has 0 saturated carbocycles. The molecule has 2 rings (SSSR count). The maximum Gasteiger partial charge on any atom is 0.252 e. The number of benzene rings is 1. The first-order valence-corrected chi connectivity index (χ1v) is 9.37. The van der Waals surface area contributed by atoms with E-state index in [0.717, 1.165) is 17.4 Å². The van der Waals surface area contributed by atoms with E-state index in [1.54, 1.807) is 24.4 Å². The Morgan fingerprint density at radius 3 is 2.58 bits per heavy atom. The Morgan fingerprint density at radius 1 is 1.25 bits per heavy atom. The summed E-state index contributed by atoms with van der Waals surface area (Å²) < 4.78 is 25.5. The Balaban J connectivity index is 2.09. The van der Waals surface area contributed by atoms with Crippen LogP contribution in [0.5, 0.6) is 0 Å². The Bertz CT molecular complexity index is 820. The summed E-state index contributed by atoms with van der Waals surface area (Å²) in [5.41, 5.74) is 3.00. The number of aryl methyl sites for hydroxylation is 2. The lowest BCUT2D eigenvalue weighted by Gasteiger charge is -2.24. The number of nitrogens with zero attached hydrogens (tertiary/aromatic N) is 2. The van der Waals surface area contributed by atoms with Crippen LogP contribution in [0.3, 0.4) is 0 Å². The Morgan fingerprint density at radius 2 is 2.00 bits per heavy atom. The van der Waals surface area contributed by atoms with Crippen molar-refractivity contribution in [3.05, 3.63) is 59.4 Å². The third kappa shape index (κ3) is 4.55. The first-order chi connectivity index (χ1) is 11.3. The van der Waals surface area contributed by atoms with Crippen LogP contribution in [0.4, 0.5) is 5.69 Å². The average molecular weight is 347 g/mol. The summed E-state index contributed by atoms with van der Waals surface area (Å²) >= 11 is 0. The Labute approximate surface area is 142 Å². The minimum atomic E-state index is -3.45. The van der Waals surface area contributed by atoms with E-state index in [9.17, 15) is 13.2 Å². The van der Waals surface area contributed by atoms with Gasteiger partial charge < -0.3 is 5.32 Å². The van der Waals surface area contributed by atoms with Crippen molar-refractivity contribution >= 4 is 21.6 Å². The molecule has 0 fully saturated rings. The third-order valence-corrected chi connectivity index (χ3v) is 4.73. The van der Waals surface area contributed by atoms with Crippen LogP contribution in [0, 0.1) is 13.8 Å². The van der Waals surface area contributed by atoms with Crippen molar-refractivity contribution in [2.45, 2.75) is 13.8 Å². The highest BCUT2D eigenvalue weighted by molar-refractivity contribution is 7.92. The van der Waals surface area contributed by atoms with Crippen LogP contribution in [-0.2, 0) is 10.0 Å². The highest BCUT2D eigenvalue weighted by Crippen LogP contribution is 2.23. The molecule has 128 valence electrons. The Hall–Kier alpha value is -2.41. The molecule has 1 amide bonds. The van der Waals surface area contributed by atoms with Crippen molar-refractivity contribution in [2.24, 2.45) is 0 Å². The van der Waals surface area contributed by atoms with Crippen molar-refractivity contribution in [3.8, 4) is 0 Å². The normalized spacial score (nSPS) is 11.1. The first-order valence-electron chi connectivity index (χ1n) is 7.52. The van der Waals surface area contributed by atoms with Crippen LogP contribution in [0.25, 0.3) is 0 Å². The number of hydrogen-bond donors (Lipinski definition) is 1. The van der Waals surface area contributed by atoms with Crippen LogP contribution in [0.2, 0.25) is 0 Å². The van der Waals surface area contributed by atoms with E-state index >= 15 is 0 Å². The highest BCUT2D eigenvalue weighted by Gasteiger charge is 2.19. The number of amides is 1. The minimum absolute atomic E-state index is 0.161. The van der Waals surface area contributed by atoms with Gasteiger partial charge in [-0.05, 0) is 37.6 Å². The van der Waals surface area contributed by atoms with Crippen LogP contribution >= 0.6 is 0 Å². The minimum Gasteiger partial charge on any atom is -0.350 e. The topological polar surface area (TPSA) is 79.4 Å². The van der Waals surface area contributed by atoms with Gasteiger partial charge in [0.2, 0.25) is 10.0 Å². The Kier molecular flexibility index (Phi) is 5.56. The largest absolute Gasteiger partial charge is 0.350 e. The number of pyridine rings is 1. The van der Waals surface area contributed by atoms with E-state index < -0.39 is 10.0 Å². The predicted molar refractivity (Wildman–Crippen MR) is 94.7 cm³/mol. The van der Waals surface area contributed by atoms with Crippen LogP contribution in [-0.4, -0.2) is 38.7 Å². The van der Waals surface area contributed by atoms with Crippen molar-refractivity contribution in [1.29, 1.82) is 0 Å². The smallest absolute Gasteiger partial charge is 0.252 e. The molecular formula is C17H21N3O3S. The molecule has 0 radical (unpaired) electrons. The zero-order chi connectivity index (χ0) is 17.7. The summed E-state index contributed by atoms with van der Waals surface area (Å²) in [7, 11) is -3.45. The molecule has 1 aromatic carbocycles. The lowest BCUT2D eigenvalue weighted by atomic mass is 10.1. The van der Waals surface area contributed by atoms with Crippen LogP contribution in [0.1, 0.15) is 21.5 Å². The molecule has 7 heteroatoms. The second-order valence-corrected chi connectivity index (χ2v) is 7.53. The lowest BCUT2D eigenvalue weighted by Crippen LogP contribution is -2.38. The van der Waals surface area contributed by atoms with Gasteiger partial charge >= 0.3 is 0 Å². The summed E-state index contributed by atoms with van der Waals surface area (Å²) in [6.07, 6.45) is 4.21. The summed E-state index contributed by atoms with van der Waals surface area (Å²) in [6.45, 7) is 4.19. The second-order valence-electron chi connectivity index (χ2n) is 5.62. The summed E-state index contributed by atoms with van der Waals surface area (Å²) in [5, 5.41) is 2.72. The van der Waals surface area contributed by atoms with Gasteiger partial charge in [-0.15, -0.1) is 0 Å². The fraction of sp³-hybridized carbons (Fsp3) is 0.294. The van der Waals surface area contributed by atoms with Crippen LogP contribution in [0.15, 0.2) is 42.7 Å². The van der Waals surface area contributed by atoms with Crippen molar-refractivity contribution in [1.82, 2.24) is 10.3 Å². The molecule has 0 spiro atoms. The molecule has 1 heterocycles. The van der Waals surface area contributed by atoms with Gasteiger partial charge in [0.15, 0.2) is 0 Å². The molecule has 1 N–H and O–H groups in total. The zero-order valence-corrected chi connectivity index (χ0v) is 14.8. The molecule has 0 aliphatic heterocycles. The number of hydrogen-bond acceptors (Lipinski definition) is 4. The van der Waals surface area contributed by atoms with Crippen molar-refractivity contribution < 1.29 is 13.2 Å². The van der Waals surface area contributed by atoms with E-state index in [0.29, 0.717) is 11.3 Å². The number of nitrogens with one attached hydrogen (secondary N) is 1. The quantitative estimate of drug-likeness (QED) is 0.865. The summed E-state index contributed by atoms with van der Waals surface area (Å²) in [6, 6.07) is 8.92. The van der Waals surface area contributed by atoms with Gasteiger partial charge in [-0.1, -0.05) is 17.7 Å². The molecule has 24 heavy (non-hydrogen) atoms. The second kappa shape index (κ2) is 7.44. The highest BCUT2D eigenvalue weighted by atomic mass is 32.2. The van der Waals surface area contributed by atoms with E-state index in [1.165, 1.54) is 10.5 Å². The van der Waals surface area contributed by atoms with Gasteiger partial charge in [-0.2, -0.15) is 0 Å². The molecule has 2 aromatic rings. The molecule has 6 nitrogen and oxygen atoms in total. The van der Waals surface area contributed by atoms with E-state index in [4.69, 9.17) is 0 Å². The molecule has 1 aromatic heterocycles. The molecule has 0 bridgehead atoms. The fourth-order valence-corrected chi connectivity index (χ4v) is 3.41. The molecular weight excluding hydrogens is 326 g/mol. The summed E-state index contributed by atoms with van der Waals surface area (Å²) in [5.74, 6) is -0.280. The van der Waals surface area contributed by atoms with Crippen LogP contribution < -0.4 is 9.62 Å².